The Balaban J connectivity index is 1.94. The van der Waals surface area contributed by atoms with Crippen LogP contribution in [0.15, 0.2) is 48.5 Å². The minimum Gasteiger partial charge on any atom is -0.493 e. The third-order valence-electron chi connectivity index (χ3n) is 3.63. The molecule has 2 N–H and O–H groups in total. The molecule has 2 rings (SSSR count). The zero-order valence-corrected chi connectivity index (χ0v) is 14.7. The maximum Gasteiger partial charge on any atom is 0.319 e. The summed E-state index contributed by atoms with van der Waals surface area (Å²) in [5.74, 6) is 1.21. The van der Waals surface area contributed by atoms with Crippen molar-refractivity contribution < 1.29 is 19.0 Å². The van der Waals surface area contributed by atoms with Crippen LogP contribution in [0.1, 0.15) is 18.6 Å². The monoisotopic (exact) mass is 344 g/mol. The van der Waals surface area contributed by atoms with E-state index < -0.39 is 0 Å². The van der Waals surface area contributed by atoms with Crippen LogP contribution in [0, 0.1) is 0 Å². The van der Waals surface area contributed by atoms with Crippen LogP contribution < -0.4 is 20.1 Å². The Bertz CT molecular complexity index is 676. The average Bonchev–Trinajstić information content (AvgIpc) is 2.64. The van der Waals surface area contributed by atoms with Crippen molar-refractivity contribution in [2.45, 2.75) is 13.0 Å². The highest BCUT2D eigenvalue weighted by molar-refractivity contribution is 5.89. The quantitative estimate of drug-likeness (QED) is 0.768. The van der Waals surface area contributed by atoms with Crippen LogP contribution in [0.2, 0.25) is 0 Å². The first kappa shape index (κ1) is 18.6. The van der Waals surface area contributed by atoms with Gasteiger partial charge in [0, 0.05) is 25.4 Å². The highest BCUT2D eigenvalue weighted by Gasteiger charge is 2.12. The molecule has 2 amide bonds. The normalized spacial score (nSPS) is 11.5. The molecule has 0 heterocycles. The van der Waals surface area contributed by atoms with E-state index in [1.807, 2.05) is 37.3 Å². The molecule has 0 aliphatic rings. The highest BCUT2D eigenvalue weighted by Crippen LogP contribution is 2.30. The van der Waals surface area contributed by atoms with Crippen LogP contribution in [0.5, 0.6) is 11.5 Å². The third-order valence-corrected chi connectivity index (χ3v) is 3.63. The van der Waals surface area contributed by atoms with E-state index >= 15 is 0 Å². The summed E-state index contributed by atoms with van der Waals surface area (Å²) in [4.78, 5) is 12.1. The minimum absolute atomic E-state index is 0.207. The smallest absolute Gasteiger partial charge is 0.319 e. The molecule has 0 saturated carbocycles. The van der Waals surface area contributed by atoms with Gasteiger partial charge >= 0.3 is 6.03 Å². The highest BCUT2D eigenvalue weighted by atomic mass is 16.5. The van der Waals surface area contributed by atoms with Crippen LogP contribution in [-0.2, 0) is 4.74 Å². The molecule has 0 saturated heterocycles. The number of urea groups is 1. The standard InChI is InChI=1S/C19H24N2O4/c1-4-25-17-12-15(10-11-16(17)23-2)21-19(22)20-13-18(24-3)14-8-6-5-7-9-14/h5-12,18H,4,13H2,1-3H3,(H2,20,21,22). The summed E-state index contributed by atoms with van der Waals surface area (Å²) < 4.78 is 16.2. The summed E-state index contributed by atoms with van der Waals surface area (Å²) in [7, 11) is 3.20. The van der Waals surface area contributed by atoms with Gasteiger partial charge in [-0.05, 0) is 24.6 Å². The topological polar surface area (TPSA) is 68.8 Å². The summed E-state index contributed by atoms with van der Waals surface area (Å²) in [6.45, 7) is 2.76. The van der Waals surface area contributed by atoms with E-state index in [9.17, 15) is 4.79 Å². The molecule has 6 heteroatoms. The Hall–Kier alpha value is -2.73. The Kier molecular flexibility index (Phi) is 7.10. The van der Waals surface area contributed by atoms with Gasteiger partial charge in [-0.2, -0.15) is 0 Å². The number of nitrogens with one attached hydrogen (secondary N) is 2. The van der Waals surface area contributed by atoms with E-state index in [0.717, 1.165) is 5.56 Å². The van der Waals surface area contributed by atoms with Gasteiger partial charge in [-0.15, -0.1) is 0 Å². The molecule has 0 aliphatic carbocycles. The number of carbonyl (C=O) groups excluding carboxylic acids is 1. The Morgan fingerprint density at radius 2 is 1.84 bits per heavy atom. The summed E-state index contributed by atoms with van der Waals surface area (Å²) >= 11 is 0. The van der Waals surface area contributed by atoms with Gasteiger partial charge in [0.2, 0.25) is 0 Å². The second-order valence-electron chi connectivity index (χ2n) is 5.27. The van der Waals surface area contributed by atoms with Gasteiger partial charge in [0.05, 0.1) is 19.8 Å². The van der Waals surface area contributed by atoms with Gasteiger partial charge in [0.15, 0.2) is 11.5 Å². The molecule has 134 valence electrons. The lowest BCUT2D eigenvalue weighted by Gasteiger charge is -2.17. The maximum atomic E-state index is 12.1. The Morgan fingerprint density at radius 1 is 1.08 bits per heavy atom. The lowest BCUT2D eigenvalue weighted by atomic mass is 10.1. The van der Waals surface area contributed by atoms with Crippen molar-refractivity contribution in [3.63, 3.8) is 0 Å². The molecule has 0 aliphatic heterocycles. The van der Waals surface area contributed by atoms with Gasteiger partial charge in [-0.1, -0.05) is 30.3 Å². The van der Waals surface area contributed by atoms with E-state index in [1.165, 1.54) is 0 Å². The fourth-order valence-corrected chi connectivity index (χ4v) is 2.39. The Morgan fingerprint density at radius 3 is 2.48 bits per heavy atom. The molecule has 0 aromatic heterocycles. The predicted molar refractivity (Wildman–Crippen MR) is 97.4 cm³/mol. The molecule has 0 bridgehead atoms. The molecule has 2 aromatic carbocycles. The fraction of sp³-hybridized carbons (Fsp3) is 0.316. The van der Waals surface area contributed by atoms with Crippen molar-refractivity contribution >= 4 is 11.7 Å². The molecule has 25 heavy (non-hydrogen) atoms. The molecule has 1 unspecified atom stereocenters. The molecule has 0 fully saturated rings. The van der Waals surface area contributed by atoms with E-state index in [0.29, 0.717) is 30.3 Å². The zero-order chi connectivity index (χ0) is 18.1. The number of anilines is 1. The molecule has 0 spiro atoms. The summed E-state index contributed by atoms with van der Waals surface area (Å²) in [5, 5.41) is 5.60. The number of amides is 2. The lowest BCUT2D eigenvalue weighted by molar-refractivity contribution is 0.104. The van der Waals surface area contributed by atoms with E-state index in [2.05, 4.69) is 10.6 Å². The third kappa shape index (κ3) is 5.39. The minimum atomic E-state index is -0.314. The van der Waals surface area contributed by atoms with Crippen molar-refractivity contribution in [3.8, 4) is 11.5 Å². The number of benzene rings is 2. The summed E-state index contributed by atoms with van der Waals surface area (Å²) in [6, 6.07) is 14.7. The predicted octanol–water partition coefficient (Wildman–Crippen LogP) is 3.60. The van der Waals surface area contributed by atoms with Crippen LogP contribution in [0.25, 0.3) is 0 Å². The van der Waals surface area contributed by atoms with Gasteiger partial charge in [0.1, 0.15) is 0 Å². The van der Waals surface area contributed by atoms with Gasteiger partial charge in [0.25, 0.3) is 0 Å². The van der Waals surface area contributed by atoms with E-state index in [1.54, 1.807) is 32.4 Å². The molecular weight excluding hydrogens is 320 g/mol. The average molecular weight is 344 g/mol. The van der Waals surface area contributed by atoms with Gasteiger partial charge in [-0.3, -0.25) is 0 Å². The molecule has 6 nitrogen and oxygen atoms in total. The molecular formula is C19H24N2O4. The number of hydrogen-bond acceptors (Lipinski definition) is 4. The SMILES string of the molecule is CCOc1cc(NC(=O)NCC(OC)c2ccccc2)ccc1OC. The number of hydrogen-bond donors (Lipinski definition) is 2. The first-order valence-electron chi connectivity index (χ1n) is 8.11. The summed E-state index contributed by atoms with van der Waals surface area (Å²) in [5.41, 5.74) is 1.63. The number of carbonyl (C=O) groups is 1. The number of methoxy groups -OCH3 is 2. The lowest BCUT2D eigenvalue weighted by Crippen LogP contribution is -2.32. The van der Waals surface area contributed by atoms with Crippen molar-refractivity contribution in [2.24, 2.45) is 0 Å². The maximum absolute atomic E-state index is 12.1. The first-order valence-corrected chi connectivity index (χ1v) is 8.11. The zero-order valence-electron chi connectivity index (χ0n) is 14.7. The van der Waals surface area contributed by atoms with Crippen molar-refractivity contribution in [3.05, 3.63) is 54.1 Å². The fourth-order valence-electron chi connectivity index (χ4n) is 2.39. The molecule has 2 aromatic rings. The van der Waals surface area contributed by atoms with Gasteiger partial charge in [-0.25, -0.2) is 4.79 Å². The van der Waals surface area contributed by atoms with Crippen LogP contribution in [0.4, 0.5) is 10.5 Å². The first-order chi connectivity index (χ1) is 12.2. The van der Waals surface area contributed by atoms with Gasteiger partial charge < -0.3 is 24.8 Å². The van der Waals surface area contributed by atoms with E-state index in [4.69, 9.17) is 14.2 Å². The van der Waals surface area contributed by atoms with Crippen LogP contribution >= 0.6 is 0 Å². The van der Waals surface area contributed by atoms with Crippen LogP contribution in [0.3, 0.4) is 0 Å². The molecule has 1 atom stereocenters. The van der Waals surface area contributed by atoms with Crippen molar-refractivity contribution in [1.82, 2.24) is 5.32 Å². The number of rotatable bonds is 8. The van der Waals surface area contributed by atoms with Crippen LogP contribution in [-0.4, -0.2) is 33.4 Å². The van der Waals surface area contributed by atoms with E-state index in [-0.39, 0.29) is 12.1 Å². The summed E-state index contributed by atoms with van der Waals surface area (Å²) in [6.07, 6.45) is -0.207. The second-order valence-corrected chi connectivity index (χ2v) is 5.27. The Labute approximate surface area is 148 Å². The molecule has 0 radical (unpaired) electrons. The second kappa shape index (κ2) is 9.54. The van der Waals surface area contributed by atoms with Crippen molar-refractivity contribution in [1.29, 1.82) is 0 Å². The largest absolute Gasteiger partial charge is 0.493 e. The number of ether oxygens (including phenoxy) is 3. The van der Waals surface area contributed by atoms with Crippen molar-refractivity contribution in [2.75, 3.05) is 32.7 Å².